The van der Waals surface area contributed by atoms with Crippen LogP contribution >= 0.6 is 0 Å². The summed E-state index contributed by atoms with van der Waals surface area (Å²) >= 11 is 0. The van der Waals surface area contributed by atoms with Gasteiger partial charge in [0.15, 0.2) is 0 Å². The van der Waals surface area contributed by atoms with Gasteiger partial charge in [0.05, 0.1) is 0 Å². The summed E-state index contributed by atoms with van der Waals surface area (Å²) in [4.78, 5) is 0. The van der Waals surface area contributed by atoms with E-state index in [1.165, 1.54) is 0 Å². The Morgan fingerprint density at radius 1 is 0.262 bits per heavy atom. The van der Waals surface area contributed by atoms with Gasteiger partial charge in [0.1, 0.15) is 11.4 Å². The molecule has 0 saturated carbocycles. The molecule has 0 spiro atoms. The highest BCUT2D eigenvalue weighted by molar-refractivity contribution is 6.01. The average molecular weight is 538 g/mol. The molecule has 0 aliphatic carbocycles. The molecule has 0 amide bonds. The molecule has 0 fully saturated rings. The Hall–Kier alpha value is -5.67. The number of benzene rings is 6. The van der Waals surface area contributed by atoms with Gasteiger partial charge in [0.2, 0.25) is 0 Å². The number of hydrogen-bond donors (Lipinski definition) is 0. The van der Waals surface area contributed by atoms with E-state index in [0.29, 0.717) is 0 Å². The molecule has 3 nitrogen and oxygen atoms in total. The summed E-state index contributed by atoms with van der Waals surface area (Å²) in [6, 6.07) is 56.7. The fraction of sp³-hybridized carbons (Fsp3) is 0. The standard InChI is InChI=1S/C39H27N3/c1-4-16-28(17-5-1)31-22-10-13-25-34(31)37-38(35-26-14-11-23-32(35)29-18-6-2-7-19-29)40-42-41-39(37)36-27-15-12-24-33(36)30-20-8-3-9-21-30/h1-27H. The first-order valence-electron chi connectivity index (χ1n) is 14.1. The molecule has 1 aromatic heterocycles. The van der Waals surface area contributed by atoms with E-state index in [9.17, 15) is 0 Å². The van der Waals surface area contributed by atoms with E-state index in [1.54, 1.807) is 0 Å². The van der Waals surface area contributed by atoms with E-state index >= 15 is 0 Å². The zero-order chi connectivity index (χ0) is 28.1. The number of nitrogens with zero attached hydrogens (tertiary/aromatic N) is 3. The number of rotatable bonds is 6. The van der Waals surface area contributed by atoms with Crippen LogP contribution in [0, 0.1) is 0 Å². The van der Waals surface area contributed by atoms with Crippen LogP contribution in [-0.2, 0) is 0 Å². The molecule has 0 bridgehead atoms. The lowest BCUT2D eigenvalue weighted by Crippen LogP contribution is -2.03. The lowest BCUT2D eigenvalue weighted by Gasteiger charge is -2.19. The minimum absolute atomic E-state index is 0.797. The molecule has 6 aromatic carbocycles. The summed E-state index contributed by atoms with van der Waals surface area (Å²) in [5, 5.41) is 13.9. The molecule has 3 heteroatoms. The van der Waals surface area contributed by atoms with Gasteiger partial charge < -0.3 is 0 Å². The molecule has 0 aliphatic heterocycles. The van der Waals surface area contributed by atoms with Gasteiger partial charge in [-0.15, -0.1) is 10.2 Å². The van der Waals surface area contributed by atoms with Gasteiger partial charge in [-0.05, 0) is 44.2 Å². The first-order chi connectivity index (χ1) is 20.9. The topological polar surface area (TPSA) is 38.7 Å². The normalized spacial score (nSPS) is 10.9. The van der Waals surface area contributed by atoms with Gasteiger partial charge in [-0.3, -0.25) is 0 Å². The molecule has 0 aliphatic rings. The summed E-state index contributed by atoms with van der Waals surface area (Å²) in [5.74, 6) is 0. The zero-order valence-electron chi connectivity index (χ0n) is 22.9. The lowest BCUT2D eigenvalue weighted by molar-refractivity contribution is 0.879. The maximum Gasteiger partial charge on any atom is 0.105 e. The van der Waals surface area contributed by atoms with Crippen LogP contribution in [-0.4, -0.2) is 15.4 Å². The highest BCUT2D eigenvalue weighted by Crippen LogP contribution is 2.45. The molecule has 42 heavy (non-hydrogen) atoms. The molecule has 0 unspecified atom stereocenters. The van der Waals surface area contributed by atoms with Crippen molar-refractivity contribution in [1.82, 2.24) is 15.4 Å². The van der Waals surface area contributed by atoms with Crippen molar-refractivity contribution in [2.75, 3.05) is 0 Å². The Kier molecular flexibility index (Phi) is 6.89. The van der Waals surface area contributed by atoms with Crippen molar-refractivity contribution < 1.29 is 0 Å². The van der Waals surface area contributed by atoms with E-state index in [0.717, 1.165) is 67.0 Å². The molecule has 0 atom stereocenters. The maximum atomic E-state index is 4.77. The summed E-state index contributed by atoms with van der Waals surface area (Å²) in [5.41, 5.74) is 12.3. The summed E-state index contributed by atoms with van der Waals surface area (Å²) in [6.07, 6.45) is 0. The van der Waals surface area contributed by atoms with Crippen LogP contribution < -0.4 is 0 Å². The number of hydrogen-bond acceptors (Lipinski definition) is 3. The monoisotopic (exact) mass is 537 g/mol. The molecule has 7 rings (SSSR count). The predicted octanol–water partition coefficient (Wildman–Crippen LogP) is 9.87. The van der Waals surface area contributed by atoms with Crippen molar-refractivity contribution in [3.63, 3.8) is 0 Å². The Labute approximate surface area is 245 Å². The zero-order valence-corrected chi connectivity index (χ0v) is 22.9. The van der Waals surface area contributed by atoms with Crippen molar-refractivity contribution in [1.29, 1.82) is 0 Å². The van der Waals surface area contributed by atoms with Crippen LogP contribution in [0.3, 0.4) is 0 Å². The second kappa shape index (κ2) is 11.4. The molecule has 1 heterocycles. The molecule has 0 saturated heterocycles. The third-order valence-electron chi connectivity index (χ3n) is 7.58. The van der Waals surface area contributed by atoms with Gasteiger partial charge in [-0.2, -0.15) is 0 Å². The van der Waals surface area contributed by atoms with E-state index in [2.05, 4.69) is 151 Å². The third-order valence-corrected chi connectivity index (χ3v) is 7.58. The number of aromatic nitrogens is 3. The minimum Gasteiger partial charge on any atom is -0.129 e. The quantitative estimate of drug-likeness (QED) is 0.212. The Balaban J connectivity index is 1.57. The Morgan fingerprint density at radius 2 is 0.548 bits per heavy atom. The van der Waals surface area contributed by atoms with Crippen molar-refractivity contribution in [2.45, 2.75) is 0 Å². The molecular weight excluding hydrogens is 510 g/mol. The maximum absolute atomic E-state index is 4.77. The lowest BCUT2D eigenvalue weighted by atomic mass is 9.86. The molecule has 198 valence electrons. The summed E-state index contributed by atoms with van der Waals surface area (Å²) in [6.45, 7) is 0. The smallest absolute Gasteiger partial charge is 0.105 e. The minimum atomic E-state index is 0.797. The molecule has 0 N–H and O–H groups in total. The fourth-order valence-corrected chi connectivity index (χ4v) is 5.64. The van der Waals surface area contributed by atoms with Crippen LogP contribution in [0.1, 0.15) is 0 Å². The highest BCUT2D eigenvalue weighted by Gasteiger charge is 2.24. The van der Waals surface area contributed by atoms with Gasteiger partial charge in [0, 0.05) is 16.7 Å². The third kappa shape index (κ3) is 4.78. The van der Waals surface area contributed by atoms with E-state index in [-0.39, 0.29) is 0 Å². The van der Waals surface area contributed by atoms with Gasteiger partial charge >= 0.3 is 0 Å². The largest absolute Gasteiger partial charge is 0.129 e. The van der Waals surface area contributed by atoms with Crippen molar-refractivity contribution in [2.24, 2.45) is 0 Å². The Morgan fingerprint density at radius 3 is 0.929 bits per heavy atom. The molecular formula is C39H27N3. The van der Waals surface area contributed by atoms with E-state index in [4.69, 9.17) is 10.2 Å². The highest BCUT2D eigenvalue weighted by atomic mass is 15.3. The van der Waals surface area contributed by atoms with Crippen molar-refractivity contribution in [3.05, 3.63) is 164 Å². The van der Waals surface area contributed by atoms with Crippen LogP contribution in [0.15, 0.2) is 164 Å². The summed E-state index contributed by atoms with van der Waals surface area (Å²) < 4.78 is 0. The van der Waals surface area contributed by atoms with Crippen LogP contribution in [0.5, 0.6) is 0 Å². The van der Waals surface area contributed by atoms with Crippen LogP contribution in [0.2, 0.25) is 0 Å². The van der Waals surface area contributed by atoms with E-state index in [1.807, 2.05) is 18.2 Å². The van der Waals surface area contributed by atoms with Crippen molar-refractivity contribution >= 4 is 0 Å². The SMILES string of the molecule is c1ccc(-c2ccccc2-c2nnnc(-c3ccccc3-c3ccccc3)c2-c2ccccc2-c2ccccc2)cc1. The van der Waals surface area contributed by atoms with Gasteiger partial charge in [-0.1, -0.05) is 164 Å². The van der Waals surface area contributed by atoms with E-state index < -0.39 is 0 Å². The Bertz CT molecular complexity index is 1870. The van der Waals surface area contributed by atoms with Gasteiger partial charge in [-0.25, -0.2) is 0 Å². The molecule has 0 radical (unpaired) electrons. The first kappa shape index (κ1) is 25.3. The second-order valence-electron chi connectivity index (χ2n) is 10.1. The van der Waals surface area contributed by atoms with Crippen LogP contribution in [0.25, 0.3) is 67.0 Å². The average Bonchev–Trinajstić information content (AvgIpc) is 3.09. The first-order valence-corrected chi connectivity index (χ1v) is 14.1. The van der Waals surface area contributed by atoms with Gasteiger partial charge in [0.25, 0.3) is 0 Å². The predicted molar refractivity (Wildman–Crippen MR) is 172 cm³/mol. The van der Waals surface area contributed by atoms with Crippen molar-refractivity contribution in [3.8, 4) is 67.0 Å². The summed E-state index contributed by atoms with van der Waals surface area (Å²) in [7, 11) is 0. The second-order valence-corrected chi connectivity index (χ2v) is 10.1. The molecule has 7 aromatic rings. The fourth-order valence-electron chi connectivity index (χ4n) is 5.64. The van der Waals surface area contributed by atoms with Crippen LogP contribution in [0.4, 0.5) is 0 Å².